The quantitative estimate of drug-likeness (QED) is 0.497. The number of fused-ring (bicyclic) bond motifs is 1. The number of aryl methyl sites for hydroxylation is 1. The van der Waals surface area contributed by atoms with E-state index >= 15 is 0 Å². The molecule has 2 aliphatic rings. The van der Waals surface area contributed by atoms with Gasteiger partial charge in [-0.25, -0.2) is 0 Å². The Hall–Kier alpha value is -2.01. The predicted molar refractivity (Wildman–Crippen MR) is 142 cm³/mol. The number of allylic oxidation sites excluding steroid dienone is 1. The lowest BCUT2D eigenvalue weighted by atomic mass is 9.77. The van der Waals surface area contributed by atoms with Gasteiger partial charge in [-0.15, -0.1) is 0 Å². The summed E-state index contributed by atoms with van der Waals surface area (Å²) in [4.78, 5) is 15.6. The average Bonchev–Trinajstić information content (AvgIpc) is 2.77. The van der Waals surface area contributed by atoms with Crippen molar-refractivity contribution in [3.8, 4) is 5.75 Å². The minimum absolute atomic E-state index is 0.0120. The fourth-order valence-electron chi connectivity index (χ4n) is 5.54. The molecule has 182 valence electrons. The van der Waals surface area contributed by atoms with Crippen LogP contribution >= 0.6 is 23.2 Å². The standard InChI is InChI=1S/C28H34Cl2N2O2/c1-27(2)15-21(16-28(3,4)32(27)5)31-26(33)19-9-10-22(25(14-19)34-6)18-8-7-17-12-23(29)24(30)13-20(17)11-18/h9-14,21H,7-8,15-16H2,1-6H3,(H,31,33). The number of nitrogens with one attached hydrogen (secondary N) is 1. The second kappa shape index (κ2) is 9.22. The molecule has 1 amide bonds. The summed E-state index contributed by atoms with van der Waals surface area (Å²) < 4.78 is 5.72. The first kappa shape index (κ1) is 25.1. The summed E-state index contributed by atoms with van der Waals surface area (Å²) in [6, 6.07) is 9.71. The number of carbonyl (C=O) groups is 1. The largest absolute Gasteiger partial charge is 0.496 e. The molecule has 1 saturated heterocycles. The van der Waals surface area contributed by atoms with Crippen molar-refractivity contribution in [1.29, 1.82) is 0 Å². The van der Waals surface area contributed by atoms with E-state index in [0.717, 1.165) is 42.4 Å². The number of nitrogens with zero attached hydrogens (tertiary/aromatic N) is 1. The summed E-state index contributed by atoms with van der Waals surface area (Å²) in [5, 5.41) is 4.42. The van der Waals surface area contributed by atoms with E-state index in [1.54, 1.807) is 7.11 Å². The van der Waals surface area contributed by atoms with Crippen molar-refractivity contribution in [3.63, 3.8) is 0 Å². The Morgan fingerprint density at radius 3 is 2.32 bits per heavy atom. The predicted octanol–water partition coefficient (Wildman–Crippen LogP) is 6.87. The fourth-order valence-corrected chi connectivity index (χ4v) is 5.89. The highest BCUT2D eigenvalue weighted by Gasteiger charge is 2.43. The number of rotatable bonds is 4. The lowest BCUT2D eigenvalue weighted by Crippen LogP contribution is -2.62. The number of carbonyl (C=O) groups excluding carboxylic acids is 1. The van der Waals surface area contributed by atoms with Gasteiger partial charge in [-0.3, -0.25) is 9.69 Å². The monoisotopic (exact) mass is 500 g/mol. The van der Waals surface area contributed by atoms with Crippen molar-refractivity contribution in [2.45, 2.75) is 70.5 Å². The smallest absolute Gasteiger partial charge is 0.251 e. The average molecular weight is 501 g/mol. The number of methoxy groups -OCH3 is 1. The number of halogens is 2. The molecule has 0 atom stereocenters. The van der Waals surface area contributed by atoms with Crippen LogP contribution in [0.5, 0.6) is 5.75 Å². The minimum atomic E-state index is -0.0598. The molecule has 1 heterocycles. The summed E-state index contributed by atoms with van der Waals surface area (Å²) in [6.07, 6.45) is 5.71. The third kappa shape index (κ3) is 4.86. The Balaban J connectivity index is 1.56. The van der Waals surface area contributed by atoms with Gasteiger partial charge in [0.25, 0.3) is 5.91 Å². The summed E-state index contributed by atoms with van der Waals surface area (Å²) in [5.74, 6) is 0.641. The zero-order valence-corrected chi connectivity index (χ0v) is 22.4. The number of piperidine rings is 1. The van der Waals surface area contributed by atoms with Gasteiger partial charge in [-0.05, 0) is 101 Å². The summed E-state index contributed by atoms with van der Waals surface area (Å²) in [7, 11) is 3.82. The molecule has 4 nitrogen and oxygen atoms in total. The molecule has 4 rings (SSSR count). The van der Waals surface area contributed by atoms with Gasteiger partial charge in [0.05, 0.1) is 17.2 Å². The molecule has 1 aliphatic heterocycles. The number of likely N-dealkylation sites (tertiary alicyclic amines) is 1. The molecule has 2 aromatic rings. The lowest BCUT2D eigenvalue weighted by Gasteiger charge is -2.53. The number of benzene rings is 2. The Labute approximate surface area is 213 Å². The Kier molecular flexibility index (Phi) is 6.80. The van der Waals surface area contributed by atoms with Crippen molar-refractivity contribution in [1.82, 2.24) is 10.2 Å². The van der Waals surface area contributed by atoms with Crippen LogP contribution in [-0.2, 0) is 6.42 Å². The van der Waals surface area contributed by atoms with Crippen LogP contribution in [-0.4, -0.2) is 42.1 Å². The van der Waals surface area contributed by atoms with E-state index < -0.39 is 0 Å². The molecule has 1 N–H and O–H groups in total. The molecule has 0 unspecified atom stereocenters. The first-order valence-electron chi connectivity index (χ1n) is 11.8. The first-order valence-corrected chi connectivity index (χ1v) is 12.6. The van der Waals surface area contributed by atoms with E-state index in [4.69, 9.17) is 27.9 Å². The number of ether oxygens (including phenoxy) is 1. The lowest BCUT2D eigenvalue weighted by molar-refractivity contribution is -0.0169. The van der Waals surface area contributed by atoms with Crippen LogP contribution < -0.4 is 10.1 Å². The summed E-state index contributed by atoms with van der Waals surface area (Å²) in [5.41, 5.74) is 5.06. The SMILES string of the molecule is COc1cc(C(=O)NC2CC(C)(C)N(C)C(C)(C)C2)ccc1C1=Cc2cc(Cl)c(Cl)cc2CC1. The van der Waals surface area contributed by atoms with Gasteiger partial charge < -0.3 is 10.1 Å². The van der Waals surface area contributed by atoms with Crippen LogP contribution in [0.2, 0.25) is 10.0 Å². The van der Waals surface area contributed by atoms with Gasteiger partial charge in [0.1, 0.15) is 5.75 Å². The van der Waals surface area contributed by atoms with Crippen LogP contribution in [0.4, 0.5) is 0 Å². The topological polar surface area (TPSA) is 41.6 Å². The zero-order valence-electron chi connectivity index (χ0n) is 20.9. The van der Waals surface area contributed by atoms with Crippen molar-refractivity contribution in [3.05, 3.63) is 62.6 Å². The van der Waals surface area contributed by atoms with E-state index in [0.29, 0.717) is 21.4 Å². The molecule has 1 aliphatic carbocycles. The highest BCUT2D eigenvalue weighted by atomic mass is 35.5. The Morgan fingerprint density at radius 2 is 1.68 bits per heavy atom. The summed E-state index contributed by atoms with van der Waals surface area (Å²) >= 11 is 12.4. The third-order valence-electron chi connectivity index (χ3n) is 7.63. The third-order valence-corrected chi connectivity index (χ3v) is 8.35. The van der Waals surface area contributed by atoms with Gasteiger partial charge in [0, 0.05) is 28.2 Å². The summed E-state index contributed by atoms with van der Waals surface area (Å²) in [6.45, 7) is 8.95. The van der Waals surface area contributed by atoms with E-state index in [-0.39, 0.29) is 23.0 Å². The molecule has 0 bridgehead atoms. The molecule has 0 radical (unpaired) electrons. The van der Waals surface area contributed by atoms with Gasteiger partial charge >= 0.3 is 0 Å². The molecule has 1 fully saturated rings. The van der Waals surface area contributed by atoms with Crippen LogP contribution in [0.1, 0.15) is 74.0 Å². The second-order valence-electron chi connectivity index (χ2n) is 10.8. The first-order chi connectivity index (χ1) is 15.9. The molecular weight excluding hydrogens is 467 g/mol. The molecule has 34 heavy (non-hydrogen) atoms. The van der Waals surface area contributed by atoms with Crippen molar-refractivity contribution in [2.75, 3.05) is 14.2 Å². The molecule has 0 aromatic heterocycles. The van der Waals surface area contributed by atoms with E-state index in [1.807, 2.05) is 30.3 Å². The normalized spacial score (nSPS) is 19.8. The Morgan fingerprint density at radius 1 is 1.03 bits per heavy atom. The molecule has 2 aromatic carbocycles. The maximum absolute atomic E-state index is 13.2. The molecular formula is C28H34Cl2N2O2. The number of hydrogen-bond acceptors (Lipinski definition) is 3. The minimum Gasteiger partial charge on any atom is -0.496 e. The highest BCUT2D eigenvalue weighted by Crippen LogP contribution is 2.39. The van der Waals surface area contributed by atoms with Gasteiger partial charge in [0.15, 0.2) is 0 Å². The number of hydrogen-bond donors (Lipinski definition) is 1. The van der Waals surface area contributed by atoms with Crippen molar-refractivity contribution in [2.24, 2.45) is 0 Å². The number of amides is 1. The van der Waals surface area contributed by atoms with Crippen LogP contribution in [0.25, 0.3) is 11.6 Å². The van der Waals surface area contributed by atoms with Crippen molar-refractivity contribution >= 4 is 40.8 Å². The highest BCUT2D eigenvalue weighted by molar-refractivity contribution is 6.42. The molecule has 6 heteroatoms. The van der Waals surface area contributed by atoms with Crippen LogP contribution in [0, 0.1) is 0 Å². The second-order valence-corrected chi connectivity index (χ2v) is 11.6. The van der Waals surface area contributed by atoms with Crippen molar-refractivity contribution < 1.29 is 9.53 Å². The van der Waals surface area contributed by atoms with E-state index in [2.05, 4.69) is 51.0 Å². The van der Waals surface area contributed by atoms with Crippen LogP contribution in [0.15, 0.2) is 30.3 Å². The van der Waals surface area contributed by atoms with Gasteiger partial charge in [-0.1, -0.05) is 35.3 Å². The Bertz CT molecular complexity index is 1140. The van der Waals surface area contributed by atoms with E-state index in [9.17, 15) is 4.79 Å². The zero-order chi connectivity index (χ0) is 24.8. The van der Waals surface area contributed by atoms with Gasteiger partial charge in [-0.2, -0.15) is 0 Å². The maximum Gasteiger partial charge on any atom is 0.251 e. The van der Waals surface area contributed by atoms with Crippen LogP contribution in [0.3, 0.4) is 0 Å². The molecule has 0 saturated carbocycles. The molecule has 0 spiro atoms. The van der Waals surface area contributed by atoms with E-state index in [1.165, 1.54) is 5.56 Å². The maximum atomic E-state index is 13.2. The fraction of sp³-hybridized carbons (Fsp3) is 0.464. The van der Waals surface area contributed by atoms with Gasteiger partial charge in [0.2, 0.25) is 0 Å².